The Labute approximate surface area is 216 Å². The number of hydrogen-bond donors (Lipinski definition) is 3. The van der Waals surface area contributed by atoms with Crippen molar-refractivity contribution < 1.29 is 34.4 Å². The monoisotopic (exact) mass is 504 g/mol. The number of carbonyl (C=O) groups excluding carboxylic acids is 3. The molecule has 5 aliphatic rings. The number of aromatic hydroxyl groups is 3. The third-order valence-corrected chi connectivity index (χ3v) is 8.96. The van der Waals surface area contributed by atoms with E-state index in [2.05, 4.69) is 0 Å². The Morgan fingerprint density at radius 3 is 2.34 bits per heavy atom. The lowest BCUT2D eigenvalue weighted by Gasteiger charge is -2.44. The smallest absolute Gasteiger partial charge is 0.190 e. The van der Waals surface area contributed by atoms with E-state index in [9.17, 15) is 29.7 Å². The van der Waals surface area contributed by atoms with Gasteiger partial charge in [-0.1, -0.05) is 24.3 Å². The van der Waals surface area contributed by atoms with Crippen LogP contribution in [0.5, 0.6) is 17.2 Å². The molecule has 7 nitrogen and oxygen atoms in total. The molecule has 0 saturated heterocycles. The number of rotatable bonds is 0. The van der Waals surface area contributed by atoms with E-state index in [1.807, 2.05) is 6.07 Å². The fourth-order valence-corrected chi connectivity index (χ4v) is 7.60. The highest BCUT2D eigenvalue weighted by Crippen LogP contribution is 2.66. The Hall–Kier alpha value is -4.49. The summed E-state index contributed by atoms with van der Waals surface area (Å²) < 4.78 is 5.60. The van der Waals surface area contributed by atoms with Crippen molar-refractivity contribution in [3.63, 3.8) is 0 Å². The number of carbonyl (C=O) groups is 3. The molecule has 0 fully saturated rings. The van der Waals surface area contributed by atoms with Crippen LogP contribution in [-0.2, 0) is 23.4 Å². The van der Waals surface area contributed by atoms with E-state index < -0.39 is 11.3 Å². The quantitative estimate of drug-likeness (QED) is 0.410. The van der Waals surface area contributed by atoms with Crippen LogP contribution < -0.4 is 0 Å². The van der Waals surface area contributed by atoms with Gasteiger partial charge in [0.2, 0.25) is 0 Å². The molecule has 186 valence electrons. The van der Waals surface area contributed by atoms with Gasteiger partial charge in [0, 0.05) is 24.0 Å². The van der Waals surface area contributed by atoms with Crippen molar-refractivity contribution in [3.8, 4) is 17.2 Å². The second kappa shape index (κ2) is 6.88. The Morgan fingerprint density at radius 2 is 1.53 bits per heavy atom. The molecule has 1 spiro atoms. The number of allylic oxidation sites excluding steroid dienone is 4. The zero-order valence-electron chi connectivity index (χ0n) is 20.0. The zero-order chi connectivity index (χ0) is 26.1. The average Bonchev–Trinajstić information content (AvgIpc) is 3.44. The lowest BCUT2D eigenvalue weighted by molar-refractivity contribution is 0.0883. The molecule has 8 rings (SSSR count). The topological polar surface area (TPSA) is 121 Å². The van der Waals surface area contributed by atoms with Crippen molar-refractivity contribution in [2.24, 2.45) is 5.92 Å². The van der Waals surface area contributed by atoms with Gasteiger partial charge < -0.3 is 20.1 Å². The number of ether oxygens (including phenoxy) is 1. The summed E-state index contributed by atoms with van der Waals surface area (Å²) in [5.41, 5.74) is 4.54. The molecular formula is C31H20O7. The molecule has 0 bridgehead atoms. The number of fused-ring (bicyclic) bond motifs is 4. The first-order valence-corrected chi connectivity index (χ1v) is 12.5. The maximum atomic E-state index is 13.9. The highest BCUT2D eigenvalue weighted by atomic mass is 16.5. The maximum absolute atomic E-state index is 13.9. The van der Waals surface area contributed by atoms with Gasteiger partial charge in [-0.15, -0.1) is 0 Å². The molecule has 1 aliphatic heterocycles. The van der Waals surface area contributed by atoms with Gasteiger partial charge in [0.15, 0.2) is 17.3 Å². The van der Waals surface area contributed by atoms with Crippen LogP contribution in [0.15, 0.2) is 48.6 Å². The number of ketones is 3. The van der Waals surface area contributed by atoms with Crippen molar-refractivity contribution in [3.05, 3.63) is 98.6 Å². The number of phenols is 3. The van der Waals surface area contributed by atoms with Gasteiger partial charge in [-0.3, -0.25) is 14.4 Å². The van der Waals surface area contributed by atoms with Crippen molar-refractivity contribution in [2.45, 2.75) is 31.5 Å². The Bertz CT molecular complexity index is 1790. The average molecular weight is 504 g/mol. The van der Waals surface area contributed by atoms with E-state index in [0.29, 0.717) is 39.0 Å². The minimum Gasteiger partial charge on any atom is -0.507 e. The summed E-state index contributed by atoms with van der Waals surface area (Å²) in [6.07, 6.45) is 3.08. The lowest BCUT2D eigenvalue weighted by atomic mass is 9.56. The summed E-state index contributed by atoms with van der Waals surface area (Å²) >= 11 is 0. The van der Waals surface area contributed by atoms with Gasteiger partial charge in [0.25, 0.3) is 0 Å². The number of phenolic OH excluding ortho intramolecular Hbond substituents is 3. The molecule has 4 aliphatic carbocycles. The van der Waals surface area contributed by atoms with E-state index in [4.69, 9.17) is 4.74 Å². The standard InChI is InChI=1S/C31H20O7/c32-20-3-1-2-18-27(20)24(36)10-14-9-23(35)26-16(8-13-11-38-12-17(13)30(26)37)29-15-4-6-21(33)28-22(34)7-5-19(25(15)28)31(14,18)29/h1-8,14,32,34,37H,9-12H2. The van der Waals surface area contributed by atoms with Gasteiger partial charge in [-0.25, -0.2) is 0 Å². The van der Waals surface area contributed by atoms with Crippen LogP contribution in [0, 0.1) is 5.92 Å². The summed E-state index contributed by atoms with van der Waals surface area (Å²) in [6.45, 7) is 0.483. The van der Waals surface area contributed by atoms with Crippen molar-refractivity contribution in [1.82, 2.24) is 0 Å². The van der Waals surface area contributed by atoms with Gasteiger partial charge >= 0.3 is 0 Å². The van der Waals surface area contributed by atoms with E-state index in [0.717, 1.165) is 5.56 Å². The molecule has 0 radical (unpaired) electrons. The predicted molar refractivity (Wildman–Crippen MR) is 135 cm³/mol. The van der Waals surface area contributed by atoms with E-state index in [-0.39, 0.29) is 77.3 Å². The SMILES string of the molecule is O=C1CC2CC(=O)c3c(cc4c(c3O)COC4)C3=C4C=CC(=O)c5c(O)ccc(c54)C32c2cccc(O)c21. The third kappa shape index (κ3) is 2.28. The Morgan fingerprint density at radius 1 is 0.789 bits per heavy atom. The fourth-order valence-electron chi connectivity index (χ4n) is 7.60. The number of benzene rings is 3. The van der Waals surface area contributed by atoms with Crippen molar-refractivity contribution in [1.29, 1.82) is 0 Å². The highest BCUT2D eigenvalue weighted by molar-refractivity contribution is 6.24. The number of Topliss-reactive ketones (excluding diaryl/α,β-unsaturated/α-hetero) is 2. The molecule has 0 saturated carbocycles. The maximum Gasteiger partial charge on any atom is 0.190 e. The van der Waals surface area contributed by atoms with Gasteiger partial charge in [-0.2, -0.15) is 0 Å². The van der Waals surface area contributed by atoms with Gasteiger partial charge in [-0.05, 0) is 63.6 Å². The van der Waals surface area contributed by atoms with E-state index in [1.54, 1.807) is 24.3 Å². The largest absolute Gasteiger partial charge is 0.507 e. The third-order valence-electron chi connectivity index (χ3n) is 8.96. The Balaban J connectivity index is 1.62. The molecule has 38 heavy (non-hydrogen) atoms. The fraction of sp³-hybridized carbons (Fsp3) is 0.194. The summed E-state index contributed by atoms with van der Waals surface area (Å²) in [5.74, 6) is -1.81. The zero-order valence-corrected chi connectivity index (χ0v) is 20.0. The first-order chi connectivity index (χ1) is 18.3. The van der Waals surface area contributed by atoms with Gasteiger partial charge in [0.1, 0.15) is 17.2 Å². The first-order valence-electron chi connectivity index (χ1n) is 12.5. The molecule has 7 heteroatoms. The molecule has 3 aromatic rings. The molecule has 0 aromatic heterocycles. The first kappa shape index (κ1) is 21.6. The van der Waals surface area contributed by atoms with E-state index >= 15 is 0 Å². The molecule has 0 amide bonds. The van der Waals surface area contributed by atoms with Crippen molar-refractivity contribution in [2.75, 3.05) is 0 Å². The molecule has 2 atom stereocenters. The van der Waals surface area contributed by atoms with Gasteiger partial charge in [0.05, 0.1) is 35.3 Å². The summed E-state index contributed by atoms with van der Waals surface area (Å²) in [5, 5.41) is 33.0. The second-order valence-electron chi connectivity index (χ2n) is 10.6. The Kier molecular flexibility index (Phi) is 3.91. The summed E-state index contributed by atoms with van der Waals surface area (Å²) in [7, 11) is 0. The van der Waals surface area contributed by atoms with Crippen LogP contribution in [0.2, 0.25) is 0 Å². The van der Waals surface area contributed by atoms with Crippen LogP contribution in [0.25, 0.3) is 11.1 Å². The molecule has 2 unspecified atom stereocenters. The highest BCUT2D eigenvalue weighted by Gasteiger charge is 2.59. The minimum atomic E-state index is -1.08. The molecule has 3 aromatic carbocycles. The van der Waals surface area contributed by atoms with Crippen LogP contribution >= 0.6 is 0 Å². The lowest BCUT2D eigenvalue weighted by Crippen LogP contribution is -2.42. The second-order valence-corrected chi connectivity index (χ2v) is 10.6. The van der Waals surface area contributed by atoms with Crippen LogP contribution in [-0.4, -0.2) is 32.7 Å². The van der Waals surface area contributed by atoms with Crippen LogP contribution in [0.3, 0.4) is 0 Å². The van der Waals surface area contributed by atoms with Crippen LogP contribution in [0.4, 0.5) is 0 Å². The normalized spacial score (nSPS) is 23.9. The molecule has 1 heterocycles. The summed E-state index contributed by atoms with van der Waals surface area (Å²) in [6, 6.07) is 10.1. The van der Waals surface area contributed by atoms with Crippen LogP contribution in [0.1, 0.15) is 77.3 Å². The van der Waals surface area contributed by atoms with Crippen molar-refractivity contribution >= 4 is 28.5 Å². The molecule has 3 N–H and O–H groups in total. The molecular weight excluding hydrogens is 484 g/mol. The van der Waals surface area contributed by atoms with E-state index in [1.165, 1.54) is 18.2 Å². The predicted octanol–water partition coefficient (Wildman–Crippen LogP) is 4.59. The number of hydrogen-bond acceptors (Lipinski definition) is 7. The minimum absolute atomic E-state index is 0.00200. The summed E-state index contributed by atoms with van der Waals surface area (Å²) in [4.78, 5) is 40.4.